The Morgan fingerprint density at radius 1 is 1.02 bits per heavy atom. The van der Waals surface area contributed by atoms with Crippen LogP contribution in [0.15, 0.2) is 29.8 Å². The molecule has 0 bridgehead atoms. The van der Waals surface area contributed by atoms with Crippen LogP contribution in [0, 0.1) is 28.4 Å². The van der Waals surface area contributed by atoms with Gasteiger partial charge in [-0.15, -0.1) is 11.3 Å². The van der Waals surface area contributed by atoms with Crippen molar-refractivity contribution in [2.75, 3.05) is 13.1 Å². The summed E-state index contributed by atoms with van der Waals surface area (Å²) in [6, 6.07) is 2.92. The topological polar surface area (TPSA) is 56.8 Å². The van der Waals surface area contributed by atoms with Crippen LogP contribution in [0.5, 0.6) is 0 Å². The third kappa shape index (κ3) is 6.60. The first kappa shape index (κ1) is 33.0. The van der Waals surface area contributed by atoms with Crippen LogP contribution >= 0.6 is 11.3 Å². The van der Waals surface area contributed by atoms with Crippen molar-refractivity contribution in [3.8, 4) is 0 Å². The van der Waals surface area contributed by atoms with Crippen LogP contribution in [-0.2, 0) is 9.59 Å². The lowest BCUT2D eigenvalue weighted by atomic mass is 9.74. The van der Waals surface area contributed by atoms with E-state index in [0.717, 1.165) is 36.8 Å². The van der Waals surface area contributed by atoms with E-state index in [9.17, 15) is 14.0 Å². The van der Waals surface area contributed by atoms with Gasteiger partial charge in [0, 0.05) is 59.3 Å². The third-order valence-electron chi connectivity index (χ3n) is 10.1. The van der Waals surface area contributed by atoms with Gasteiger partial charge in [0.15, 0.2) is 0 Å². The maximum absolute atomic E-state index is 15.4. The molecule has 3 heterocycles. The molecule has 3 aliphatic rings. The maximum Gasteiger partial charge on any atom is 0.228 e. The molecule has 0 radical (unpaired) electrons. The lowest BCUT2D eigenvalue weighted by Gasteiger charge is -2.45. The van der Waals surface area contributed by atoms with Gasteiger partial charge in [0.2, 0.25) is 11.8 Å². The summed E-state index contributed by atoms with van der Waals surface area (Å²) in [4.78, 5) is 39.8. The van der Waals surface area contributed by atoms with Crippen molar-refractivity contribution in [2.45, 2.75) is 124 Å². The number of nitrogens with zero attached hydrogens (tertiary/aromatic N) is 4. The summed E-state index contributed by atoms with van der Waals surface area (Å²) in [7, 11) is 0. The molecule has 0 spiro atoms. The molecule has 4 atom stereocenters. The third-order valence-corrected chi connectivity index (χ3v) is 11.0. The van der Waals surface area contributed by atoms with Crippen LogP contribution in [0.3, 0.4) is 0 Å². The largest absolute Gasteiger partial charge is 0.334 e. The Labute approximate surface area is 266 Å². The zero-order valence-electron chi connectivity index (χ0n) is 27.7. The maximum atomic E-state index is 15.4. The second-order valence-electron chi connectivity index (χ2n) is 16.0. The van der Waals surface area contributed by atoms with Crippen LogP contribution in [0.4, 0.5) is 8.78 Å². The lowest BCUT2D eigenvalue weighted by Crippen LogP contribution is -2.54. The van der Waals surface area contributed by atoms with Crippen molar-refractivity contribution in [1.29, 1.82) is 0 Å². The first-order valence-corrected chi connectivity index (χ1v) is 17.1. The Balaban J connectivity index is 1.50. The van der Waals surface area contributed by atoms with Crippen LogP contribution < -0.4 is 0 Å². The summed E-state index contributed by atoms with van der Waals surface area (Å²) in [5, 5.41) is 2.80. The smallest absolute Gasteiger partial charge is 0.228 e. The Morgan fingerprint density at radius 2 is 1.70 bits per heavy atom. The van der Waals surface area contributed by atoms with Crippen molar-refractivity contribution in [1.82, 2.24) is 19.7 Å². The minimum Gasteiger partial charge on any atom is -0.334 e. The number of carbonyl (C=O) groups is 2. The van der Waals surface area contributed by atoms with E-state index in [-0.39, 0.29) is 40.9 Å². The van der Waals surface area contributed by atoms with Gasteiger partial charge in [-0.2, -0.15) is 0 Å². The Kier molecular flexibility index (Phi) is 9.06. The molecular weight excluding hydrogens is 578 g/mol. The second kappa shape index (κ2) is 12.1. The molecule has 1 unspecified atom stereocenters. The highest BCUT2D eigenvalue weighted by Crippen LogP contribution is 2.47. The van der Waals surface area contributed by atoms with Gasteiger partial charge in [0.1, 0.15) is 16.6 Å². The van der Waals surface area contributed by atoms with Gasteiger partial charge in [0.25, 0.3) is 0 Å². The van der Waals surface area contributed by atoms with E-state index in [1.54, 1.807) is 6.20 Å². The zero-order chi connectivity index (χ0) is 32.2. The fourth-order valence-corrected chi connectivity index (χ4v) is 8.48. The first-order chi connectivity index (χ1) is 20.5. The van der Waals surface area contributed by atoms with Crippen LogP contribution in [0.1, 0.15) is 117 Å². The minimum atomic E-state index is -0.629. The highest BCUT2D eigenvalue weighted by atomic mass is 32.1. The number of likely N-dealkylation sites (tertiary alicyclic amines) is 2. The summed E-state index contributed by atoms with van der Waals surface area (Å²) in [6.45, 7) is 17.8. The second-order valence-corrected chi connectivity index (χ2v) is 16.9. The van der Waals surface area contributed by atoms with E-state index < -0.39 is 29.0 Å². The summed E-state index contributed by atoms with van der Waals surface area (Å²) >= 11 is 1.53. The van der Waals surface area contributed by atoms with E-state index in [1.165, 1.54) is 23.5 Å². The molecule has 44 heavy (non-hydrogen) atoms. The van der Waals surface area contributed by atoms with Gasteiger partial charge in [-0.3, -0.25) is 14.5 Å². The van der Waals surface area contributed by atoms with E-state index in [4.69, 9.17) is 0 Å². The van der Waals surface area contributed by atoms with Crippen molar-refractivity contribution >= 4 is 23.2 Å². The summed E-state index contributed by atoms with van der Waals surface area (Å²) in [5.74, 6) is -1.67. The number of hydrogen-bond donors (Lipinski definition) is 0. The number of hydrogen-bond acceptors (Lipinski definition) is 5. The Bertz CT molecular complexity index is 1340. The number of rotatable bonds is 5. The first-order valence-electron chi connectivity index (χ1n) is 16.2. The molecule has 1 aromatic heterocycles. The van der Waals surface area contributed by atoms with Crippen molar-refractivity contribution in [3.05, 3.63) is 52.0 Å². The molecule has 2 aromatic rings. The normalized spacial score (nSPS) is 26.7. The molecular formula is C35H50F2N4O2S. The van der Waals surface area contributed by atoms with E-state index in [0.29, 0.717) is 31.5 Å². The molecule has 9 heteroatoms. The molecule has 1 aromatic carbocycles. The predicted molar refractivity (Wildman–Crippen MR) is 171 cm³/mol. The lowest BCUT2D eigenvalue weighted by molar-refractivity contribution is -0.147. The number of amides is 2. The monoisotopic (exact) mass is 628 g/mol. The van der Waals surface area contributed by atoms with E-state index in [2.05, 4.69) is 49.4 Å². The zero-order valence-corrected chi connectivity index (χ0v) is 28.5. The molecule has 242 valence electrons. The number of halogens is 2. The quantitative estimate of drug-likeness (QED) is 0.340. The molecule has 2 saturated heterocycles. The fraction of sp³-hybridized carbons (Fsp3) is 0.686. The Hall–Kier alpha value is -2.39. The van der Waals surface area contributed by atoms with Crippen LogP contribution in [-0.4, -0.2) is 62.2 Å². The molecule has 1 saturated carbocycles. The number of benzene rings is 1. The molecule has 5 rings (SSSR count). The summed E-state index contributed by atoms with van der Waals surface area (Å²) in [5.41, 5.74) is -0.258. The molecule has 0 N–H and O–H groups in total. The minimum absolute atomic E-state index is 0.0406. The Morgan fingerprint density at radius 3 is 2.27 bits per heavy atom. The fourth-order valence-electron chi connectivity index (χ4n) is 7.71. The molecule has 2 aliphatic heterocycles. The van der Waals surface area contributed by atoms with Crippen molar-refractivity contribution < 1.29 is 18.4 Å². The predicted octanol–water partition coefficient (Wildman–Crippen LogP) is 7.77. The number of carbonyl (C=O) groups excluding carboxylic acids is 2. The van der Waals surface area contributed by atoms with Crippen molar-refractivity contribution in [2.24, 2.45) is 16.7 Å². The average Bonchev–Trinajstić information content (AvgIpc) is 3.68. The summed E-state index contributed by atoms with van der Waals surface area (Å²) < 4.78 is 29.3. The number of thiazole rings is 1. The SMILES string of the molecule is CC1(C)CCC(N(C(=O)C(C)(C)C)[C@H]2C[C@H](c3nccs3)N(C(=O)[C@H]3CCN(C(C)(C)C)C3c3ccc(F)cc3F)C2)CC1. The van der Waals surface area contributed by atoms with Gasteiger partial charge in [-0.1, -0.05) is 40.7 Å². The molecule has 6 nitrogen and oxygen atoms in total. The number of aromatic nitrogens is 1. The molecule has 3 fully saturated rings. The van der Waals surface area contributed by atoms with E-state index in [1.807, 2.05) is 31.1 Å². The standard InChI is InChI=1S/C35H50F2N4O2S/c1-33(2,3)32(43)41(23-11-14-35(7,8)15-12-23)24-20-28(30-38-16-18-44-30)39(21-24)31(42)26-13-17-40(34(4,5)6)29(26)25-10-9-22(36)19-27(25)37/h9-10,16,18-19,23-24,26,28-29H,11-15,17,20-21H2,1-8H3/t24-,26-,28+,29?/m0/s1. The van der Waals surface area contributed by atoms with Gasteiger partial charge in [0.05, 0.1) is 18.0 Å². The van der Waals surface area contributed by atoms with Crippen molar-refractivity contribution in [3.63, 3.8) is 0 Å². The van der Waals surface area contributed by atoms with Crippen LogP contribution in [0.2, 0.25) is 0 Å². The molecule has 2 amide bonds. The highest BCUT2D eigenvalue weighted by molar-refractivity contribution is 7.09. The average molecular weight is 629 g/mol. The van der Waals surface area contributed by atoms with Gasteiger partial charge in [-0.25, -0.2) is 13.8 Å². The van der Waals surface area contributed by atoms with Gasteiger partial charge in [-0.05, 0) is 70.8 Å². The van der Waals surface area contributed by atoms with Gasteiger partial charge >= 0.3 is 0 Å². The van der Waals surface area contributed by atoms with E-state index >= 15 is 4.39 Å². The summed E-state index contributed by atoms with van der Waals surface area (Å²) in [6.07, 6.45) is 7.01. The van der Waals surface area contributed by atoms with Gasteiger partial charge < -0.3 is 9.80 Å². The highest BCUT2D eigenvalue weighted by Gasteiger charge is 2.51. The molecule has 1 aliphatic carbocycles. The van der Waals surface area contributed by atoms with Crippen LogP contribution in [0.25, 0.3) is 0 Å².